The van der Waals surface area contributed by atoms with Crippen LogP contribution in [-0.2, 0) is 16.1 Å². The van der Waals surface area contributed by atoms with E-state index in [-0.39, 0.29) is 18.1 Å². The van der Waals surface area contributed by atoms with Gasteiger partial charge in [0.05, 0.1) is 6.10 Å². The molecule has 1 aromatic heterocycles. The minimum Gasteiger partial charge on any atom is -0.364 e. The van der Waals surface area contributed by atoms with Crippen molar-refractivity contribution in [1.82, 2.24) is 10.2 Å². The number of rotatable bonds is 4. The zero-order valence-corrected chi connectivity index (χ0v) is 13.0. The molecule has 1 aromatic rings. The van der Waals surface area contributed by atoms with Crippen LogP contribution in [0.5, 0.6) is 0 Å². The third kappa shape index (κ3) is 3.15. The molecular formula is C16H22N2O2S. The minimum atomic E-state index is -0.207. The molecule has 0 bridgehead atoms. The second kappa shape index (κ2) is 5.71. The highest BCUT2D eigenvalue weighted by molar-refractivity contribution is 7.07. The fraction of sp³-hybridized carbons (Fsp3) is 0.688. The predicted octanol–water partition coefficient (Wildman–Crippen LogP) is 2.01. The molecule has 0 radical (unpaired) electrons. The summed E-state index contributed by atoms with van der Waals surface area (Å²) in [7, 11) is 0. The van der Waals surface area contributed by atoms with Crippen molar-refractivity contribution in [3.8, 4) is 0 Å². The number of thiophene rings is 1. The van der Waals surface area contributed by atoms with Gasteiger partial charge in [0.25, 0.3) is 0 Å². The van der Waals surface area contributed by atoms with Crippen LogP contribution in [0.25, 0.3) is 0 Å². The Bertz CT molecular complexity index is 500. The van der Waals surface area contributed by atoms with Gasteiger partial charge in [0.1, 0.15) is 6.10 Å². The Morgan fingerprint density at radius 1 is 1.43 bits per heavy atom. The number of piperidine rings is 1. The van der Waals surface area contributed by atoms with E-state index in [1.165, 1.54) is 5.56 Å². The van der Waals surface area contributed by atoms with E-state index < -0.39 is 0 Å². The number of hydrogen-bond acceptors (Lipinski definition) is 4. The summed E-state index contributed by atoms with van der Waals surface area (Å²) < 4.78 is 6.05. The second-order valence-electron chi connectivity index (χ2n) is 6.60. The quantitative estimate of drug-likeness (QED) is 0.925. The Balaban J connectivity index is 1.32. The normalized spacial score (nSPS) is 32.9. The Labute approximate surface area is 129 Å². The van der Waals surface area contributed by atoms with Crippen LogP contribution in [0.4, 0.5) is 0 Å². The third-order valence-corrected chi connectivity index (χ3v) is 5.57. The number of carbonyl (C=O) groups excluding carboxylic acids is 1. The average molecular weight is 306 g/mol. The molecule has 1 saturated carbocycles. The number of fused-ring (bicyclic) bond motifs is 1. The highest BCUT2D eigenvalue weighted by atomic mass is 32.1. The predicted molar refractivity (Wildman–Crippen MR) is 82.1 cm³/mol. The lowest BCUT2D eigenvalue weighted by Gasteiger charge is -2.33. The number of nitrogens with one attached hydrogen (secondary N) is 1. The van der Waals surface area contributed by atoms with E-state index >= 15 is 0 Å². The van der Waals surface area contributed by atoms with Gasteiger partial charge < -0.3 is 10.1 Å². The molecular weight excluding hydrogens is 284 g/mol. The zero-order valence-electron chi connectivity index (χ0n) is 12.2. The van der Waals surface area contributed by atoms with Gasteiger partial charge in [0.15, 0.2) is 0 Å². The van der Waals surface area contributed by atoms with Gasteiger partial charge in [-0.2, -0.15) is 11.3 Å². The summed E-state index contributed by atoms with van der Waals surface area (Å²) >= 11 is 1.75. The SMILES string of the molecule is O=C(NC1CC1)[C@H]1C[C@@H]2CCN(Cc3ccsc3)C[C@H]2O1. The lowest BCUT2D eigenvalue weighted by molar-refractivity contribution is -0.133. The van der Waals surface area contributed by atoms with Crippen molar-refractivity contribution in [2.75, 3.05) is 13.1 Å². The van der Waals surface area contributed by atoms with Gasteiger partial charge in [0, 0.05) is 19.1 Å². The van der Waals surface area contributed by atoms with Gasteiger partial charge in [-0.1, -0.05) is 0 Å². The van der Waals surface area contributed by atoms with Gasteiger partial charge >= 0.3 is 0 Å². The number of nitrogens with zero attached hydrogens (tertiary/aromatic N) is 1. The molecule has 5 heteroatoms. The third-order valence-electron chi connectivity index (χ3n) is 4.84. The van der Waals surface area contributed by atoms with E-state index in [1.807, 2.05) is 0 Å². The fourth-order valence-electron chi connectivity index (χ4n) is 3.47. The summed E-state index contributed by atoms with van der Waals surface area (Å²) in [6, 6.07) is 2.62. The maximum atomic E-state index is 12.1. The summed E-state index contributed by atoms with van der Waals surface area (Å²) in [5, 5.41) is 7.42. The highest BCUT2D eigenvalue weighted by Crippen LogP contribution is 2.34. The second-order valence-corrected chi connectivity index (χ2v) is 7.38. The fourth-order valence-corrected chi connectivity index (χ4v) is 4.13. The molecule has 3 fully saturated rings. The first-order valence-corrected chi connectivity index (χ1v) is 8.91. The van der Waals surface area contributed by atoms with Crippen molar-refractivity contribution in [3.63, 3.8) is 0 Å². The monoisotopic (exact) mass is 306 g/mol. The molecule has 1 aliphatic carbocycles. The summed E-state index contributed by atoms with van der Waals surface area (Å²) in [5.41, 5.74) is 1.39. The van der Waals surface area contributed by atoms with Crippen molar-refractivity contribution in [1.29, 1.82) is 0 Å². The largest absolute Gasteiger partial charge is 0.364 e. The van der Waals surface area contributed by atoms with E-state index in [9.17, 15) is 4.79 Å². The van der Waals surface area contributed by atoms with E-state index in [4.69, 9.17) is 4.74 Å². The van der Waals surface area contributed by atoms with Crippen LogP contribution in [0.2, 0.25) is 0 Å². The standard InChI is InChI=1S/C16H22N2O2S/c19-16(17-13-1-2-13)14-7-12-3-5-18(9-15(12)20-14)8-11-4-6-21-10-11/h4,6,10,12-15H,1-3,5,7-9H2,(H,17,19)/t12-,14+,15+/m0/s1. The molecule has 2 aliphatic heterocycles. The maximum absolute atomic E-state index is 12.1. The lowest BCUT2D eigenvalue weighted by atomic mass is 9.91. The summed E-state index contributed by atoms with van der Waals surface area (Å²) in [6.45, 7) is 3.10. The molecule has 0 aromatic carbocycles. The van der Waals surface area contributed by atoms with Crippen LogP contribution in [0.3, 0.4) is 0 Å². The molecule has 1 N–H and O–H groups in total. The number of amides is 1. The smallest absolute Gasteiger partial charge is 0.249 e. The Morgan fingerprint density at radius 3 is 3.10 bits per heavy atom. The molecule has 0 unspecified atom stereocenters. The summed E-state index contributed by atoms with van der Waals surface area (Å²) in [5.74, 6) is 0.690. The van der Waals surface area contributed by atoms with Gasteiger partial charge in [-0.25, -0.2) is 0 Å². The Kier molecular flexibility index (Phi) is 3.73. The molecule has 3 aliphatic rings. The molecule has 4 rings (SSSR count). The number of likely N-dealkylation sites (tertiary alicyclic amines) is 1. The van der Waals surface area contributed by atoms with Crippen LogP contribution in [0.1, 0.15) is 31.2 Å². The minimum absolute atomic E-state index is 0.122. The van der Waals surface area contributed by atoms with Gasteiger partial charge in [-0.05, 0) is 60.5 Å². The molecule has 21 heavy (non-hydrogen) atoms. The number of hydrogen-bond donors (Lipinski definition) is 1. The molecule has 0 spiro atoms. The maximum Gasteiger partial charge on any atom is 0.249 e. The first-order valence-electron chi connectivity index (χ1n) is 7.97. The van der Waals surface area contributed by atoms with Gasteiger partial charge in [0.2, 0.25) is 5.91 Å². The molecule has 4 nitrogen and oxygen atoms in total. The molecule has 2 saturated heterocycles. The van der Waals surface area contributed by atoms with Gasteiger partial charge in [-0.15, -0.1) is 0 Å². The summed E-state index contributed by atoms with van der Waals surface area (Å²) in [4.78, 5) is 14.6. The van der Waals surface area contributed by atoms with Crippen LogP contribution >= 0.6 is 11.3 Å². The van der Waals surface area contributed by atoms with Crippen molar-refractivity contribution in [3.05, 3.63) is 22.4 Å². The number of carbonyl (C=O) groups is 1. The summed E-state index contributed by atoms with van der Waals surface area (Å²) in [6.07, 6.45) is 4.38. The van der Waals surface area contributed by atoms with Crippen molar-refractivity contribution in [2.45, 2.75) is 50.5 Å². The van der Waals surface area contributed by atoms with E-state index in [0.29, 0.717) is 12.0 Å². The topological polar surface area (TPSA) is 41.6 Å². The van der Waals surface area contributed by atoms with Crippen LogP contribution < -0.4 is 5.32 Å². The molecule has 114 valence electrons. The van der Waals surface area contributed by atoms with Crippen LogP contribution in [0.15, 0.2) is 16.8 Å². The van der Waals surface area contributed by atoms with Crippen molar-refractivity contribution < 1.29 is 9.53 Å². The molecule has 3 heterocycles. The molecule has 3 atom stereocenters. The first-order chi connectivity index (χ1) is 10.3. The van der Waals surface area contributed by atoms with Gasteiger partial charge in [-0.3, -0.25) is 9.69 Å². The van der Waals surface area contributed by atoms with E-state index in [1.54, 1.807) is 11.3 Å². The van der Waals surface area contributed by atoms with Crippen LogP contribution in [0, 0.1) is 5.92 Å². The highest BCUT2D eigenvalue weighted by Gasteiger charge is 2.42. The van der Waals surface area contributed by atoms with Crippen molar-refractivity contribution in [2.24, 2.45) is 5.92 Å². The molecule has 1 amide bonds. The number of ether oxygens (including phenoxy) is 1. The Morgan fingerprint density at radius 2 is 2.33 bits per heavy atom. The van der Waals surface area contributed by atoms with Crippen molar-refractivity contribution >= 4 is 17.2 Å². The first kappa shape index (κ1) is 13.7. The Hall–Kier alpha value is -0.910. The van der Waals surface area contributed by atoms with Crippen LogP contribution in [-0.4, -0.2) is 42.1 Å². The van der Waals surface area contributed by atoms with E-state index in [0.717, 1.165) is 45.3 Å². The van der Waals surface area contributed by atoms with E-state index in [2.05, 4.69) is 27.0 Å². The zero-order chi connectivity index (χ0) is 14.2. The average Bonchev–Trinajstić information content (AvgIpc) is 3.00. The lowest BCUT2D eigenvalue weighted by Crippen LogP contribution is -2.42.